The number of aliphatic hydroxyl groups excluding tert-OH is 1. The summed E-state index contributed by atoms with van der Waals surface area (Å²) in [5.74, 6) is 0.767. The Labute approximate surface area is 159 Å². The van der Waals surface area contributed by atoms with Crippen molar-refractivity contribution >= 4 is 27.3 Å². The zero-order valence-electron chi connectivity index (χ0n) is 14.1. The highest BCUT2D eigenvalue weighted by Gasteiger charge is 2.42. The van der Waals surface area contributed by atoms with Gasteiger partial charge in [0.05, 0.1) is 17.4 Å². The lowest BCUT2D eigenvalue weighted by atomic mass is 10.0. The third-order valence-corrected chi connectivity index (χ3v) is 5.63. The van der Waals surface area contributed by atoms with Crippen LogP contribution in [0.3, 0.4) is 0 Å². The maximum absolute atomic E-state index is 10.7. The van der Waals surface area contributed by atoms with Crippen molar-refractivity contribution in [2.24, 2.45) is 7.05 Å². The standard InChI is InChI=1S/C19H17BrN4O2/c1-23-14(7-8-21-23)12-9-13(20)16-17-18(12)26-10-15(24(17)19(25)22-16)11-5-3-2-4-6-11/h2-9,15,19,22,25H,10H2,1H3. The van der Waals surface area contributed by atoms with Crippen molar-refractivity contribution in [3.63, 3.8) is 0 Å². The van der Waals surface area contributed by atoms with Crippen LogP contribution in [0.15, 0.2) is 53.1 Å². The van der Waals surface area contributed by atoms with E-state index in [1.54, 1.807) is 6.20 Å². The third-order valence-electron chi connectivity index (χ3n) is 5.00. The van der Waals surface area contributed by atoms with Crippen LogP contribution in [0.4, 0.5) is 11.4 Å². The van der Waals surface area contributed by atoms with Crippen LogP contribution >= 0.6 is 15.9 Å². The molecule has 2 unspecified atom stereocenters. The quantitative estimate of drug-likeness (QED) is 0.674. The summed E-state index contributed by atoms with van der Waals surface area (Å²) in [5.41, 5.74) is 4.74. The van der Waals surface area contributed by atoms with Crippen LogP contribution in [-0.2, 0) is 7.05 Å². The molecule has 2 aromatic carbocycles. The minimum atomic E-state index is -0.809. The van der Waals surface area contributed by atoms with Gasteiger partial charge in [-0.25, -0.2) is 0 Å². The smallest absolute Gasteiger partial charge is 0.206 e. The first-order chi connectivity index (χ1) is 12.6. The van der Waals surface area contributed by atoms with Crippen molar-refractivity contribution in [3.05, 3.63) is 58.7 Å². The minimum Gasteiger partial charge on any atom is -0.488 e. The molecular weight excluding hydrogens is 396 g/mol. The van der Waals surface area contributed by atoms with E-state index in [-0.39, 0.29) is 6.04 Å². The number of rotatable bonds is 2. The van der Waals surface area contributed by atoms with Gasteiger partial charge in [0.15, 0.2) is 5.75 Å². The Hall–Kier alpha value is -2.51. The zero-order valence-corrected chi connectivity index (χ0v) is 15.6. The normalized spacial score (nSPS) is 20.5. The molecule has 132 valence electrons. The zero-order chi connectivity index (χ0) is 17.8. The number of nitrogens with one attached hydrogen (secondary N) is 1. The first-order valence-electron chi connectivity index (χ1n) is 8.40. The number of ether oxygens (including phenoxy) is 1. The molecule has 3 heterocycles. The highest BCUT2D eigenvalue weighted by molar-refractivity contribution is 9.10. The maximum atomic E-state index is 10.7. The van der Waals surface area contributed by atoms with Gasteiger partial charge in [0.2, 0.25) is 6.35 Å². The largest absolute Gasteiger partial charge is 0.488 e. The fourth-order valence-electron chi connectivity index (χ4n) is 3.80. The van der Waals surface area contributed by atoms with Crippen molar-refractivity contribution < 1.29 is 9.84 Å². The topological polar surface area (TPSA) is 62.5 Å². The van der Waals surface area contributed by atoms with Crippen LogP contribution in [0, 0.1) is 0 Å². The first kappa shape index (κ1) is 15.7. The molecule has 7 heteroatoms. The molecular formula is C19H17BrN4O2. The SMILES string of the molecule is Cn1nccc1-c1cc(Br)c2c3c1OCC(c1ccccc1)N3C(O)N2. The summed E-state index contributed by atoms with van der Waals surface area (Å²) in [4.78, 5) is 1.99. The highest BCUT2D eigenvalue weighted by atomic mass is 79.9. The van der Waals surface area contributed by atoms with Crippen molar-refractivity contribution in [1.29, 1.82) is 0 Å². The molecule has 2 atom stereocenters. The molecule has 0 amide bonds. The summed E-state index contributed by atoms with van der Waals surface area (Å²) < 4.78 is 8.94. The van der Waals surface area contributed by atoms with E-state index in [1.165, 1.54) is 0 Å². The molecule has 0 aliphatic carbocycles. The average Bonchev–Trinajstić information content (AvgIpc) is 3.24. The molecule has 0 spiro atoms. The fraction of sp³-hybridized carbons (Fsp3) is 0.211. The third kappa shape index (κ3) is 2.17. The number of benzene rings is 2. The summed E-state index contributed by atoms with van der Waals surface area (Å²) >= 11 is 3.64. The van der Waals surface area contributed by atoms with Crippen LogP contribution in [0.5, 0.6) is 5.75 Å². The number of aryl methyl sites for hydroxylation is 1. The summed E-state index contributed by atoms with van der Waals surface area (Å²) in [6.07, 6.45) is 0.958. The van der Waals surface area contributed by atoms with E-state index < -0.39 is 6.35 Å². The molecule has 2 aliphatic rings. The van der Waals surface area contributed by atoms with E-state index in [0.717, 1.165) is 38.4 Å². The second kappa shape index (κ2) is 5.75. The number of hydrogen-bond acceptors (Lipinski definition) is 5. The van der Waals surface area contributed by atoms with Gasteiger partial charge < -0.3 is 20.1 Å². The maximum Gasteiger partial charge on any atom is 0.206 e. The predicted molar refractivity (Wildman–Crippen MR) is 103 cm³/mol. The van der Waals surface area contributed by atoms with Crippen LogP contribution in [0.2, 0.25) is 0 Å². The van der Waals surface area contributed by atoms with E-state index in [1.807, 2.05) is 47.0 Å². The predicted octanol–water partition coefficient (Wildman–Crippen LogP) is 3.49. The molecule has 1 aromatic heterocycles. The summed E-state index contributed by atoms with van der Waals surface area (Å²) in [6, 6.07) is 14.0. The summed E-state index contributed by atoms with van der Waals surface area (Å²) in [7, 11) is 1.91. The summed E-state index contributed by atoms with van der Waals surface area (Å²) in [6.45, 7) is 0.460. The Morgan fingerprint density at radius 2 is 2.08 bits per heavy atom. The van der Waals surface area contributed by atoms with E-state index in [0.29, 0.717) is 6.61 Å². The van der Waals surface area contributed by atoms with E-state index in [4.69, 9.17) is 4.74 Å². The van der Waals surface area contributed by atoms with E-state index in [2.05, 4.69) is 38.5 Å². The van der Waals surface area contributed by atoms with Crippen LogP contribution in [-0.4, -0.2) is 27.8 Å². The highest BCUT2D eigenvalue weighted by Crippen LogP contribution is 2.55. The molecule has 26 heavy (non-hydrogen) atoms. The lowest BCUT2D eigenvalue weighted by Crippen LogP contribution is -2.43. The average molecular weight is 413 g/mol. The molecule has 6 nitrogen and oxygen atoms in total. The Morgan fingerprint density at radius 3 is 2.81 bits per heavy atom. The van der Waals surface area contributed by atoms with Gasteiger partial charge in [-0.05, 0) is 33.6 Å². The van der Waals surface area contributed by atoms with Gasteiger partial charge in [-0.1, -0.05) is 30.3 Å². The Bertz CT molecular complexity index is 989. The summed E-state index contributed by atoms with van der Waals surface area (Å²) in [5, 5.41) is 18.2. The number of nitrogens with zero attached hydrogens (tertiary/aromatic N) is 3. The van der Waals surface area contributed by atoms with Gasteiger partial charge >= 0.3 is 0 Å². The molecule has 0 saturated carbocycles. The van der Waals surface area contributed by atoms with Crippen LogP contribution in [0.1, 0.15) is 11.6 Å². The van der Waals surface area contributed by atoms with Gasteiger partial charge in [-0.3, -0.25) is 4.68 Å². The minimum absolute atomic E-state index is 0.0684. The van der Waals surface area contributed by atoms with Crippen molar-refractivity contribution in [2.75, 3.05) is 16.8 Å². The number of anilines is 2. The molecule has 0 saturated heterocycles. The van der Waals surface area contributed by atoms with Gasteiger partial charge in [0.25, 0.3) is 0 Å². The second-order valence-electron chi connectivity index (χ2n) is 6.46. The number of aliphatic hydroxyl groups is 1. The molecule has 0 radical (unpaired) electrons. The van der Waals surface area contributed by atoms with E-state index in [9.17, 15) is 5.11 Å². The number of hydrogen-bond donors (Lipinski definition) is 2. The van der Waals surface area contributed by atoms with Gasteiger partial charge in [-0.15, -0.1) is 0 Å². The number of halogens is 1. The van der Waals surface area contributed by atoms with Crippen molar-refractivity contribution in [2.45, 2.75) is 12.4 Å². The lowest BCUT2D eigenvalue weighted by molar-refractivity contribution is 0.164. The Morgan fingerprint density at radius 1 is 1.27 bits per heavy atom. The molecule has 0 bridgehead atoms. The fourth-order valence-corrected chi connectivity index (χ4v) is 4.33. The van der Waals surface area contributed by atoms with Crippen molar-refractivity contribution in [1.82, 2.24) is 9.78 Å². The molecule has 0 fully saturated rings. The van der Waals surface area contributed by atoms with Crippen molar-refractivity contribution in [3.8, 4) is 17.0 Å². The monoisotopic (exact) mass is 412 g/mol. The molecule has 2 N–H and O–H groups in total. The van der Waals surface area contributed by atoms with Crippen LogP contribution < -0.4 is 15.0 Å². The Kier molecular flexibility index (Phi) is 3.48. The molecule has 3 aromatic rings. The van der Waals surface area contributed by atoms with Crippen LogP contribution in [0.25, 0.3) is 11.3 Å². The first-order valence-corrected chi connectivity index (χ1v) is 9.20. The molecule has 2 aliphatic heterocycles. The van der Waals surface area contributed by atoms with Gasteiger partial charge in [0, 0.05) is 23.3 Å². The van der Waals surface area contributed by atoms with Gasteiger partial charge in [-0.2, -0.15) is 5.10 Å². The second-order valence-corrected chi connectivity index (χ2v) is 7.32. The lowest BCUT2D eigenvalue weighted by Gasteiger charge is -2.37. The Balaban J connectivity index is 1.71. The van der Waals surface area contributed by atoms with Gasteiger partial charge in [0.1, 0.15) is 12.3 Å². The molecule has 5 rings (SSSR count). The number of aromatic nitrogens is 2. The van der Waals surface area contributed by atoms with E-state index >= 15 is 0 Å².